The van der Waals surface area contributed by atoms with E-state index in [9.17, 15) is 0 Å². The van der Waals surface area contributed by atoms with E-state index in [1.165, 1.54) is 35.0 Å². The molecule has 3 heterocycles. The Morgan fingerprint density at radius 1 is 1.17 bits per heavy atom. The van der Waals surface area contributed by atoms with Gasteiger partial charge in [0.1, 0.15) is 0 Å². The van der Waals surface area contributed by atoms with Crippen LogP contribution in [0.4, 0.5) is 0 Å². The van der Waals surface area contributed by atoms with E-state index in [0.29, 0.717) is 0 Å². The van der Waals surface area contributed by atoms with Gasteiger partial charge in [0.25, 0.3) is 0 Å². The Kier molecular flexibility index (Phi) is 2.60. The van der Waals surface area contributed by atoms with Crippen molar-refractivity contribution >= 4 is 22.6 Å². The van der Waals surface area contributed by atoms with Crippen molar-refractivity contribution in [3.63, 3.8) is 0 Å². The highest BCUT2D eigenvalue weighted by Gasteiger charge is 2.52. The predicted molar refractivity (Wildman–Crippen MR) is 82.7 cm³/mol. The molecule has 0 spiro atoms. The summed E-state index contributed by atoms with van der Waals surface area (Å²) in [7, 11) is 0. The Morgan fingerprint density at radius 2 is 1.94 bits per heavy atom. The van der Waals surface area contributed by atoms with Gasteiger partial charge in [0.05, 0.1) is 0 Å². The second kappa shape index (κ2) is 4.07. The van der Waals surface area contributed by atoms with E-state index in [2.05, 4.69) is 58.3 Å². The first-order chi connectivity index (χ1) is 8.74. The molecule has 4 unspecified atom stereocenters. The SMILES string of the molecule is C=C1CN2C3CCC2C1[C@@H](c1ccc(I)cc1)C3. The molecule has 0 aliphatic carbocycles. The molecule has 18 heavy (non-hydrogen) atoms. The molecule has 94 valence electrons. The molecule has 0 N–H and O–H groups in total. The van der Waals surface area contributed by atoms with E-state index >= 15 is 0 Å². The van der Waals surface area contributed by atoms with E-state index < -0.39 is 0 Å². The first-order valence-corrected chi connectivity index (χ1v) is 8.01. The Morgan fingerprint density at radius 3 is 2.72 bits per heavy atom. The van der Waals surface area contributed by atoms with E-state index in [0.717, 1.165) is 23.9 Å². The van der Waals surface area contributed by atoms with E-state index in [1.807, 2.05) is 0 Å². The van der Waals surface area contributed by atoms with Crippen LogP contribution in [0.5, 0.6) is 0 Å². The summed E-state index contributed by atoms with van der Waals surface area (Å²) in [5.41, 5.74) is 3.03. The van der Waals surface area contributed by atoms with Gasteiger partial charge in [0.2, 0.25) is 0 Å². The Labute approximate surface area is 122 Å². The average Bonchev–Trinajstić information content (AvgIpc) is 2.76. The lowest BCUT2D eigenvalue weighted by Crippen LogP contribution is -2.40. The maximum Gasteiger partial charge on any atom is 0.0199 e. The maximum atomic E-state index is 4.37. The zero-order valence-corrected chi connectivity index (χ0v) is 12.6. The Bertz CT molecular complexity index is 492. The third-order valence-corrected chi connectivity index (χ3v) is 5.94. The lowest BCUT2D eigenvalue weighted by molar-refractivity contribution is 0.154. The van der Waals surface area contributed by atoms with Gasteiger partial charge in [-0.05, 0) is 65.5 Å². The third-order valence-electron chi connectivity index (χ3n) is 5.22. The van der Waals surface area contributed by atoms with Crippen LogP contribution in [0.2, 0.25) is 0 Å². The van der Waals surface area contributed by atoms with Crippen LogP contribution < -0.4 is 0 Å². The fourth-order valence-corrected chi connectivity index (χ4v) is 4.87. The van der Waals surface area contributed by atoms with Gasteiger partial charge >= 0.3 is 0 Å². The molecular weight excluding hydrogens is 333 g/mol. The summed E-state index contributed by atoms with van der Waals surface area (Å²) in [6.07, 6.45) is 4.16. The molecule has 4 rings (SSSR count). The molecule has 0 aromatic heterocycles. The molecule has 5 atom stereocenters. The third kappa shape index (κ3) is 1.54. The summed E-state index contributed by atoms with van der Waals surface area (Å²) >= 11 is 2.39. The summed E-state index contributed by atoms with van der Waals surface area (Å²) in [4.78, 5) is 2.73. The summed E-state index contributed by atoms with van der Waals surface area (Å²) < 4.78 is 1.34. The molecule has 0 amide bonds. The van der Waals surface area contributed by atoms with Crippen molar-refractivity contribution < 1.29 is 0 Å². The van der Waals surface area contributed by atoms with Crippen LogP contribution in [-0.2, 0) is 0 Å². The number of nitrogens with zero attached hydrogens (tertiary/aromatic N) is 1. The van der Waals surface area contributed by atoms with Crippen LogP contribution in [-0.4, -0.2) is 23.5 Å². The highest BCUT2D eigenvalue weighted by atomic mass is 127. The first-order valence-electron chi connectivity index (χ1n) is 6.93. The Balaban J connectivity index is 1.73. The Hall–Kier alpha value is -0.350. The van der Waals surface area contributed by atoms with Gasteiger partial charge in [-0.2, -0.15) is 0 Å². The molecule has 3 saturated heterocycles. The smallest absolute Gasteiger partial charge is 0.0199 e. The lowest BCUT2D eigenvalue weighted by atomic mass is 9.76. The highest BCUT2D eigenvalue weighted by molar-refractivity contribution is 14.1. The fraction of sp³-hybridized carbons (Fsp3) is 0.500. The number of benzene rings is 1. The molecule has 4 bridgehead atoms. The standard InChI is InChI=1S/C16H18IN/c1-10-9-18-13-6-7-15(18)16(10)14(8-13)11-2-4-12(17)5-3-11/h2-5,13-16H,1,6-9H2/t13?,14-,15?,16?/m1/s1. The maximum absolute atomic E-state index is 4.37. The number of hydrogen-bond donors (Lipinski definition) is 0. The highest BCUT2D eigenvalue weighted by Crippen LogP contribution is 2.53. The van der Waals surface area contributed by atoms with Gasteiger partial charge < -0.3 is 0 Å². The summed E-state index contributed by atoms with van der Waals surface area (Å²) in [5, 5.41) is 0. The molecule has 0 saturated carbocycles. The van der Waals surface area contributed by atoms with Crippen LogP contribution in [0.1, 0.15) is 30.7 Å². The van der Waals surface area contributed by atoms with Gasteiger partial charge in [-0.1, -0.05) is 24.3 Å². The average molecular weight is 351 g/mol. The van der Waals surface area contributed by atoms with Crippen LogP contribution in [0.25, 0.3) is 0 Å². The molecular formula is C16H18IN. The quantitative estimate of drug-likeness (QED) is 0.550. The fourth-order valence-electron chi connectivity index (χ4n) is 4.51. The monoisotopic (exact) mass is 351 g/mol. The molecule has 1 aromatic rings. The number of rotatable bonds is 1. The van der Waals surface area contributed by atoms with Crippen molar-refractivity contribution in [2.24, 2.45) is 5.92 Å². The second-order valence-corrected chi connectivity index (χ2v) is 7.29. The molecule has 3 fully saturated rings. The topological polar surface area (TPSA) is 3.24 Å². The van der Waals surface area contributed by atoms with Crippen molar-refractivity contribution in [2.75, 3.05) is 6.54 Å². The minimum atomic E-state index is 0.726. The minimum absolute atomic E-state index is 0.726. The number of halogens is 1. The van der Waals surface area contributed by atoms with Crippen LogP contribution in [0.3, 0.4) is 0 Å². The van der Waals surface area contributed by atoms with Crippen molar-refractivity contribution in [2.45, 2.75) is 37.3 Å². The lowest BCUT2D eigenvalue weighted by Gasteiger charge is -2.37. The number of piperidine rings is 1. The van der Waals surface area contributed by atoms with Gasteiger partial charge in [-0.15, -0.1) is 0 Å². The number of hydrogen-bond acceptors (Lipinski definition) is 1. The molecule has 1 nitrogen and oxygen atoms in total. The van der Waals surface area contributed by atoms with Gasteiger partial charge in [0.15, 0.2) is 0 Å². The van der Waals surface area contributed by atoms with Crippen molar-refractivity contribution in [1.29, 1.82) is 0 Å². The zero-order chi connectivity index (χ0) is 12.3. The predicted octanol–water partition coefficient (Wildman–Crippen LogP) is 3.80. The largest absolute Gasteiger partial charge is 0.293 e. The zero-order valence-electron chi connectivity index (χ0n) is 10.5. The summed E-state index contributed by atoms with van der Waals surface area (Å²) in [6, 6.07) is 10.8. The van der Waals surface area contributed by atoms with Gasteiger partial charge in [-0.3, -0.25) is 4.90 Å². The summed E-state index contributed by atoms with van der Waals surface area (Å²) in [6.45, 7) is 5.53. The van der Waals surface area contributed by atoms with Crippen LogP contribution in [0.15, 0.2) is 36.4 Å². The second-order valence-electron chi connectivity index (χ2n) is 6.05. The van der Waals surface area contributed by atoms with E-state index in [4.69, 9.17) is 0 Å². The molecule has 2 heteroatoms. The molecule has 3 aliphatic heterocycles. The van der Waals surface area contributed by atoms with Crippen LogP contribution >= 0.6 is 22.6 Å². The first kappa shape index (κ1) is 11.5. The molecule has 0 radical (unpaired) electrons. The van der Waals surface area contributed by atoms with Gasteiger partial charge in [-0.25, -0.2) is 0 Å². The summed E-state index contributed by atoms with van der Waals surface area (Å²) in [5.74, 6) is 1.45. The van der Waals surface area contributed by atoms with Crippen molar-refractivity contribution in [1.82, 2.24) is 4.90 Å². The van der Waals surface area contributed by atoms with Crippen molar-refractivity contribution in [3.05, 3.63) is 45.6 Å². The van der Waals surface area contributed by atoms with Crippen LogP contribution in [0, 0.1) is 9.49 Å². The van der Waals surface area contributed by atoms with Gasteiger partial charge in [0, 0.05) is 28.1 Å². The van der Waals surface area contributed by atoms with Crippen molar-refractivity contribution in [3.8, 4) is 0 Å². The van der Waals surface area contributed by atoms with E-state index in [1.54, 1.807) is 5.56 Å². The molecule has 3 aliphatic rings. The van der Waals surface area contributed by atoms with E-state index in [-0.39, 0.29) is 0 Å². The normalized spacial score (nSPS) is 41.4. The minimum Gasteiger partial charge on any atom is -0.293 e. The molecule has 1 aromatic carbocycles.